The van der Waals surface area contributed by atoms with Crippen molar-refractivity contribution in [3.63, 3.8) is 0 Å². The number of rotatable bonds is 9. The summed E-state index contributed by atoms with van der Waals surface area (Å²) in [7, 11) is 0. The fraction of sp³-hybridized carbons (Fsp3) is 0.833. The van der Waals surface area contributed by atoms with Crippen LogP contribution in [-0.4, -0.2) is 37.6 Å². The van der Waals surface area contributed by atoms with Gasteiger partial charge < -0.3 is 10.2 Å². The largest absolute Gasteiger partial charge is 0.317 e. The third-order valence-electron chi connectivity index (χ3n) is 2.40. The van der Waals surface area contributed by atoms with Gasteiger partial charge in [0.05, 0.1) is 0 Å². The van der Waals surface area contributed by atoms with Gasteiger partial charge >= 0.3 is 0 Å². The van der Waals surface area contributed by atoms with Crippen LogP contribution < -0.4 is 5.32 Å². The second-order valence-electron chi connectivity index (χ2n) is 3.44. The van der Waals surface area contributed by atoms with Crippen molar-refractivity contribution in [3.8, 4) is 12.3 Å². The summed E-state index contributed by atoms with van der Waals surface area (Å²) in [5, 5.41) is 3.40. The third kappa shape index (κ3) is 8.10. The topological polar surface area (TPSA) is 15.3 Å². The molecule has 0 spiro atoms. The van der Waals surface area contributed by atoms with E-state index >= 15 is 0 Å². The molecule has 2 heteroatoms. The van der Waals surface area contributed by atoms with Crippen molar-refractivity contribution in [2.75, 3.05) is 32.7 Å². The fourth-order valence-corrected chi connectivity index (χ4v) is 1.41. The van der Waals surface area contributed by atoms with Gasteiger partial charge in [0.2, 0.25) is 0 Å². The van der Waals surface area contributed by atoms with Crippen molar-refractivity contribution in [1.29, 1.82) is 0 Å². The van der Waals surface area contributed by atoms with E-state index < -0.39 is 0 Å². The lowest BCUT2D eigenvalue weighted by atomic mass is 10.3. The van der Waals surface area contributed by atoms with E-state index in [4.69, 9.17) is 6.42 Å². The Morgan fingerprint density at radius 3 is 2.36 bits per heavy atom. The fourth-order valence-electron chi connectivity index (χ4n) is 1.41. The Labute approximate surface area is 89.1 Å². The Morgan fingerprint density at radius 2 is 1.79 bits per heavy atom. The number of unbranched alkanes of at least 4 members (excludes halogenated alkanes) is 1. The zero-order valence-electron chi connectivity index (χ0n) is 9.68. The van der Waals surface area contributed by atoms with Crippen LogP contribution in [0.1, 0.15) is 33.1 Å². The summed E-state index contributed by atoms with van der Waals surface area (Å²) in [6.07, 6.45) is 8.39. The van der Waals surface area contributed by atoms with Crippen LogP contribution in [0, 0.1) is 12.3 Å². The molecule has 0 heterocycles. The molecule has 14 heavy (non-hydrogen) atoms. The van der Waals surface area contributed by atoms with Gasteiger partial charge in [-0.2, -0.15) is 0 Å². The normalized spacial score (nSPS) is 10.4. The highest BCUT2D eigenvalue weighted by atomic mass is 15.1. The smallest absolute Gasteiger partial charge is 0.00981 e. The van der Waals surface area contributed by atoms with E-state index in [0.29, 0.717) is 0 Å². The quantitative estimate of drug-likeness (QED) is 0.446. The van der Waals surface area contributed by atoms with E-state index in [2.05, 4.69) is 30.0 Å². The molecular weight excluding hydrogens is 172 g/mol. The van der Waals surface area contributed by atoms with Crippen LogP contribution in [0.25, 0.3) is 0 Å². The van der Waals surface area contributed by atoms with E-state index in [1.807, 2.05) is 0 Å². The molecule has 0 aliphatic carbocycles. The highest BCUT2D eigenvalue weighted by Gasteiger charge is 1.96. The average molecular weight is 196 g/mol. The van der Waals surface area contributed by atoms with Gasteiger partial charge in [0.1, 0.15) is 0 Å². The SMILES string of the molecule is C#CCCCNCCCN(CC)CC. The van der Waals surface area contributed by atoms with Gasteiger partial charge in [0.25, 0.3) is 0 Å². The molecule has 2 nitrogen and oxygen atoms in total. The number of nitrogens with one attached hydrogen (secondary N) is 1. The minimum absolute atomic E-state index is 0.892. The first-order chi connectivity index (χ1) is 6.85. The van der Waals surface area contributed by atoms with Crippen molar-refractivity contribution in [3.05, 3.63) is 0 Å². The van der Waals surface area contributed by atoms with Crippen molar-refractivity contribution < 1.29 is 0 Å². The summed E-state index contributed by atoms with van der Waals surface area (Å²) in [4.78, 5) is 2.45. The molecule has 0 aromatic heterocycles. The van der Waals surface area contributed by atoms with Gasteiger partial charge in [0, 0.05) is 6.42 Å². The molecule has 0 rings (SSSR count). The monoisotopic (exact) mass is 196 g/mol. The number of terminal acetylenes is 1. The van der Waals surface area contributed by atoms with Gasteiger partial charge in [-0.3, -0.25) is 0 Å². The molecule has 0 aliphatic rings. The summed E-state index contributed by atoms with van der Waals surface area (Å²) in [5.41, 5.74) is 0. The molecule has 0 unspecified atom stereocenters. The molecule has 0 fully saturated rings. The zero-order valence-corrected chi connectivity index (χ0v) is 9.68. The Morgan fingerprint density at radius 1 is 1.14 bits per heavy atom. The summed E-state index contributed by atoms with van der Waals surface area (Å²) >= 11 is 0. The number of nitrogens with zero attached hydrogens (tertiary/aromatic N) is 1. The second kappa shape index (κ2) is 10.6. The van der Waals surface area contributed by atoms with E-state index in [0.717, 1.165) is 39.0 Å². The maximum atomic E-state index is 5.16. The minimum Gasteiger partial charge on any atom is -0.317 e. The molecule has 82 valence electrons. The van der Waals surface area contributed by atoms with Crippen molar-refractivity contribution in [2.24, 2.45) is 0 Å². The molecule has 0 atom stereocenters. The van der Waals surface area contributed by atoms with Crippen LogP contribution in [0.4, 0.5) is 0 Å². The zero-order chi connectivity index (χ0) is 10.6. The molecule has 0 saturated carbocycles. The van der Waals surface area contributed by atoms with Crippen LogP contribution in [0.3, 0.4) is 0 Å². The Hall–Kier alpha value is -0.520. The van der Waals surface area contributed by atoms with E-state index in [9.17, 15) is 0 Å². The van der Waals surface area contributed by atoms with E-state index in [1.54, 1.807) is 0 Å². The highest BCUT2D eigenvalue weighted by molar-refractivity contribution is 4.83. The van der Waals surface area contributed by atoms with Gasteiger partial charge in [-0.15, -0.1) is 12.3 Å². The molecule has 1 N–H and O–H groups in total. The van der Waals surface area contributed by atoms with Crippen LogP contribution in [-0.2, 0) is 0 Å². The Balaban J connectivity index is 3.09. The molecule has 0 bridgehead atoms. The number of hydrogen-bond acceptors (Lipinski definition) is 2. The Bertz CT molecular complexity index is 145. The van der Waals surface area contributed by atoms with Crippen LogP contribution >= 0.6 is 0 Å². The maximum Gasteiger partial charge on any atom is 0.00981 e. The van der Waals surface area contributed by atoms with Crippen molar-refractivity contribution in [2.45, 2.75) is 33.1 Å². The van der Waals surface area contributed by atoms with Gasteiger partial charge in [-0.05, 0) is 45.6 Å². The molecule has 0 aromatic carbocycles. The van der Waals surface area contributed by atoms with Gasteiger partial charge in [-0.25, -0.2) is 0 Å². The standard InChI is InChI=1S/C12H24N2/c1-4-7-8-10-13-11-9-12-14(5-2)6-3/h1,13H,5-12H2,2-3H3. The lowest BCUT2D eigenvalue weighted by Gasteiger charge is -2.17. The predicted molar refractivity (Wildman–Crippen MR) is 63.3 cm³/mol. The summed E-state index contributed by atoms with van der Waals surface area (Å²) in [5.74, 6) is 2.65. The van der Waals surface area contributed by atoms with Crippen molar-refractivity contribution in [1.82, 2.24) is 10.2 Å². The van der Waals surface area contributed by atoms with Crippen LogP contribution in [0.2, 0.25) is 0 Å². The molecule has 0 aliphatic heterocycles. The first-order valence-corrected chi connectivity index (χ1v) is 5.71. The lowest BCUT2D eigenvalue weighted by molar-refractivity contribution is 0.298. The summed E-state index contributed by atoms with van der Waals surface area (Å²) in [6, 6.07) is 0. The second-order valence-corrected chi connectivity index (χ2v) is 3.44. The van der Waals surface area contributed by atoms with Crippen molar-refractivity contribution >= 4 is 0 Å². The van der Waals surface area contributed by atoms with Gasteiger partial charge in [-0.1, -0.05) is 13.8 Å². The van der Waals surface area contributed by atoms with E-state index in [-0.39, 0.29) is 0 Å². The Kier molecular flexibility index (Phi) is 10.2. The highest BCUT2D eigenvalue weighted by Crippen LogP contribution is 1.89. The first-order valence-electron chi connectivity index (χ1n) is 5.71. The van der Waals surface area contributed by atoms with Crippen LogP contribution in [0.15, 0.2) is 0 Å². The summed E-state index contributed by atoms with van der Waals surface area (Å²) in [6.45, 7) is 10.1. The molecule has 0 amide bonds. The summed E-state index contributed by atoms with van der Waals surface area (Å²) < 4.78 is 0. The molecule has 0 radical (unpaired) electrons. The maximum absolute atomic E-state index is 5.16. The van der Waals surface area contributed by atoms with E-state index in [1.165, 1.54) is 13.0 Å². The predicted octanol–water partition coefficient (Wildman–Crippen LogP) is 1.72. The first kappa shape index (κ1) is 13.5. The molecule has 0 aromatic rings. The van der Waals surface area contributed by atoms with Gasteiger partial charge in [0.15, 0.2) is 0 Å². The van der Waals surface area contributed by atoms with Crippen LogP contribution in [0.5, 0.6) is 0 Å². The molecule has 0 saturated heterocycles. The number of hydrogen-bond donors (Lipinski definition) is 1. The lowest BCUT2D eigenvalue weighted by Crippen LogP contribution is -2.27. The average Bonchev–Trinajstić information content (AvgIpc) is 2.22. The third-order valence-corrected chi connectivity index (χ3v) is 2.40. The molecular formula is C12H24N2. The minimum atomic E-state index is 0.892.